The van der Waals surface area contributed by atoms with Gasteiger partial charge in [-0.25, -0.2) is 0 Å². The lowest BCUT2D eigenvalue weighted by Gasteiger charge is -2.04. The summed E-state index contributed by atoms with van der Waals surface area (Å²) in [6.07, 6.45) is 0.743. The van der Waals surface area contributed by atoms with Crippen molar-refractivity contribution in [3.8, 4) is 5.75 Å². The van der Waals surface area contributed by atoms with Gasteiger partial charge in [0.25, 0.3) is 0 Å². The molecule has 0 bridgehead atoms. The fourth-order valence-electron chi connectivity index (χ4n) is 2.25. The highest BCUT2D eigenvalue weighted by atomic mass is 16.3. The van der Waals surface area contributed by atoms with E-state index in [1.54, 1.807) is 0 Å². The molecular weight excluding hydrogens is 188 g/mol. The first-order valence-electron chi connectivity index (χ1n) is 5.07. The molecule has 0 aliphatic heterocycles. The molecule has 74 valence electrons. The molecule has 0 saturated carbocycles. The molecule has 3 aromatic rings. The molecule has 0 aliphatic rings. The highest BCUT2D eigenvalue weighted by Gasteiger charge is 2.23. The average Bonchev–Trinajstić information content (AvgIpc) is 2.92. The molecule has 2 nitrogen and oxygen atoms in total. The number of fused-ring (bicyclic) bond motifs is 3. The van der Waals surface area contributed by atoms with E-state index in [-0.39, 0.29) is 11.2 Å². The summed E-state index contributed by atoms with van der Waals surface area (Å²) in [4.78, 5) is 11.5. The van der Waals surface area contributed by atoms with E-state index < -0.39 is 0 Å². The lowest BCUT2D eigenvalue weighted by Crippen LogP contribution is -1.83. The molecule has 3 rings (SSSR count). The van der Waals surface area contributed by atoms with Crippen LogP contribution in [0.25, 0.3) is 21.5 Å². The van der Waals surface area contributed by atoms with E-state index >= 15 is 0 Å². The van der Waals surface area contributed by atoms with E-state index in [0.717, 1.165) is 22.8 Å². The van der Waals surface area contributed by atoms with Crippen LogP contribution in [-0.2, 0) is 6.42 Å². The first kappa shape index (κ1) is 8.48. The van der Waals surface area contributed by atoms with Crippen LogP contribution in [0.3, 0.4) is 0 Å². The summed E-state index contributed by atoms with van der Waals surface area (Å²) >= 11 is 0. The van der Waals surface area contributed by atoms with Crippen molar-refractivity contribution in [1.29, 1.82) is 0 Å². The molecule has 0 saturated heterocycles. The van der Waals surface area contributed by atoms with Gasteiger partial charge in [-0.2, -0.15) is 0 Å². The van der Waals surface area contributed by atoms with E-state index in [9.17, 15) is 9.90 Å². The zero-order valence-corrected chi connectivity index (χ0v) is 8.37. The first-order valence-corrected chi connectivity index (χ1v) is 5.07. The van der Waals surface area contributed by atoms with Crippen LogP contribution in [0.5, 0.6) is 5.75 Å². The Hall–Kier alpha value is -1.83. The van der Waals surface area contributed by atoms with Gasteiger partial charge in [0, 0.05) is 10.9 Å². The smallest absolute Gasteiger partial charge is 0.199 e. The van der Waals surface area contributed by atoms with Gasteiger partial charge in [-0.05, 0) is 17.2 Å². The third-order valence-corrected chi connectivity index (χ3v) is 3.04. The number of rotatable bonds is 1. The predicted molar refractivity (Wildman–Crippen MR) is 61.1 cm³/mol. The number of phenolic OH excluding ortho intramolecular Hbond substituents is 1. The zero-order valence-electron chi connectivity index (χ0n) is 8.37. The van der Waals surface area contributed by atoms with Gasteiger partial charge in [0.2, 0.25) is 0 Å². The number of hydrogen-bond donors (Lipinski definition) is 1. The minimum absolute atomic E-state index is 0.00315. The zero-order chi connectivity index (χ0) is 10.6. The number of phenols is 1. The topological polar surface area (TPSA) is 37.3 Å². The van der Waals surface area contributed by atoms with Gasteiger partial charge >= 0.3 is 0 Å². The van der Waals surface area contributed by atoms with Crippen LogP contribution < -0.4 is 5.43 Å². The number of hydrogen-bond acceptors (Lipinski definition) is 2. The Morgan fingerprint density at radius 2 is 1.80 bits per heavy atom. The van der Waals surface area contributed by atoms with Crippen molar-refractivity contribution in [3.63, 3.8) is 0 Å². The summed E-state index contributed by atoms with van der Waals surface area (Å²) in [7, 11) is 0. The number of benzene rings is 2. The maximum atomic E-state index is 11.5. The van der Waals surface area contributed by atoms with Crippen LogP contribution in [0.1, 0.15) is 12.5 Å². The summed E-state index contributed by atoms with van der Waals surface area (Å²) in [5.41, 5.74) is 0.888. The Balaban J connectivity index is 2.62. The molecule has 0 fully saturated rings. The summed E-state index contributed by atoms with van der Waals surface area (Å²) in [5, 5.41) is 13.1. The minimum Gasteiger partial charge on any atom is -0.507 e. The highest BCUT2D eigenvalue weighted by Crippen LogP contribution is 2.38. The number of aryl methyl sites for hydroxylation is 1. The van der Waals surface area contributed by atoms with Crippen molar-refractivity contribution in [2.75, 3.05) is 0 Å². The van der Waals surface area contributed by atoms with E-state index in [1.165, 1.54) is 0 Å². The van der Waals surface area contributed by atoms with Crippen molar-refractivity contribution < 1.29 is 5.11 Å². The van der Waals surface area contributed by atoms with Crippen molar-refractivity contribution in [1.82, 2.24) is 0 Å². The molecule has 0 amide bonds. The fraction of sp³-hybridized carbons (Fsp3) is 0.154. The highest BCUT2D eigenvalue weighted by molar-refractivity contribution is 6.20. The second-order valence-electron chi connectivity index (χ2n) is 3.81. The Kier molecular flexibility index (Phi) is 1.47. The third kappa shape index (κ3) is 0.911. The molecule has 3 aromatic carbocycles. The largest absolute Gasteiger partial charge is 0.507 e. The lowest BCUT2D eigenvalue weighted by atomic mass is 10.0. The molecule has 0 aromatic heterocycles. The Bertz CT molecular complexity index is 685. The average molecular weight is 198 g/mol. The van der Waals surface area contributed by atoms with Crippen molar-refractivity contribution >= 4 is 21.5 Å². The van der Waals surface area contributed by atoms with Gasteiger partial charge in [-0.15, -0.1) is 0 Å². The van der Waals surface area contributed by atoms with Crippen LogP contribution in [0.2, 0.25) is 0 Å². The van der Waals surface area contributed by atoms with E-state index in [4.69, 9.17) is 0 Å². The van der Waals surface area contributed by atoms with Gasteiger partial charge < -0.3 is 5.11 Å². The Morgan fingerprint density at radius 3 is 2.47 bits per heavy atom. The molecule has 1 N–H and O–H groups in total. The first-order chi connectivity index (χ1) is 7.25. The predicted octanol–water partition coefficient (Wildman–Crippen LogP) is 2.50. The van der Waals surface area contributed by atoms with Crippen LogP contribution in [0.4, 0.5) is 0 Å². The summed E-state index contributed by atoms with van der Waals surface area (Å²) < 4.78 is 0. The minimum atomic E-state index is 0.00315. The molecule has 0 unspecified atom stereocenters. The fourth-order valence-corrected chi connectivity index (χ4v) is 2.25. The number of aromatic hydroxyl groups is 1. The van der Waals surface area contributed by atoms with E-state index in [1.807, 2.05) is 31.2 Å². The van der Waals surface area contributed by atoms with E-state index in [0.29, 0.717) is 10.8 Å². The van der Waals surface area contributed by atoms with Crippen LogP contribution in [0.15, 0.2) is 29.1 Å². The van der Waals surface area contributed by atoms with Crippen molar-refractivity contribution in [3.05, 3.63) is 40.1 Å². The Labute approximate surface area is 86.4 Å². The summed E-state index contributed by atoms with van der Waals surface area (Å²) in [6.45, 7) is 1.99. The molecule has 0 heterocycles. The molecular formula is C13H10O2. The maximum absolute atomic E-state index is 11.5. The SMILES string of the molecule is CCc1c(O)c2c(=O)c2c2ccccc12. The van der Waals surface area contributed by atoms with Gasteiger partial charge in [0.05, 0.1) is 5.39 Å². The quantitative estimate of drug-likeness (QED) is 0.652. The molecule has 0 aliphatic carbocycles. The third-order valence-electron chi connectivity index (χ3n) is 3.04. The molecule has 0 atom stereocenters. The second-order valence-corrected chi connectivity index (χ2v) is 3.81. The molecule has 0 radical (unpaired) electrons. The summed E-state index contributed by atoms with van der Waals surface area (Å²) in [5.74, 6) is 0.191. The van der Waals surface area contributed by atoms with Crippen LogP contribution >= 0.6 is 0 Å². The van der Waals surface area contributed by atoms with Gasteiger partial charge in [-0.1, -0.05) is 31.2 Å². The molecule has 15 heavy (non-hydrogen) atoms. The molecule has 2 heteroatoms. The molecule has 0 spiro atoms. The normalized spacial score (nSPS) is 11.8. The van der Waals surface area contributed by atoms with Crippen LogP contribution in [0, 0.1) is 0 Å². The maximum Gasteiger partial charge on any atom is 0.199 e. The second kappa shape index (κ2) is 2.60. The summed E-state index contributed by atoms with van der Waals surface area (Å²) in [6, 6.07) is 7.75. The van der Waals surface area contributed by atoms with E-state index in [2.05, 4.69) is 0 Å². The van der Waals surface area contributed by atoms with Gasteiger partial charge in [0.15, 0.2) is 5.43 Å². The van der Waals surface area contributed by atoms with Gasteiger partial charge in [-0.3, -0.25) is 4.79 Å². The van der Waals surface area contributed by atoms with Crippen LogP contribution in [-0.4, -0.2) is 5.11 Å². The van der Waals surface area contributed by atoms with Crippen molar-refractivity contribution in [2.24, 2.45) is 0 Å². The Morgan fingerprint density at radius 1 is 1.13 bits per heavy atom. The monoisotopic (exact) mass is 198 g/mol. The van der Waals surface area contributed by atoms with Crippen molar-refractivity contribution in [2.45, 2.75) is 13.3 Å². The standard InChI is InChI=1S/C13H10O2/c1-2-7-8-5-3-4-6-9(8)10-11(12(7)14)13(10)15/h3-6,14H,2H2,1H3. The van der Waals surface area contributed by atoms with Gasteiger partial charge in [0.1, 0.15) is 5.75 Å². The lowest BCUT2D eigenvalue weighted by molar-refractivity contribution is 0.477.